The zero-order valence-electron chi connectivity index (χ0n) is 11.8. The van der Waals surface area contributed by atoms with Gasteiger partial charge in [-0.1, -0.05) is 0 Å². The van der Waals surface area contributed by atoms with E-state index in [1.54, 1.807) is 6.07 Å². The molecule has 2 N–H and O–H groups in total. The van der Waals surface area contributed by atoms with E-state index in [1.165, 1.54) is 19.2 Å². The van der Waals surface area contributed by atoms with Gasteiger partial charge < -0.3 is 15.2 Å². The number of hydrogen-bond donors (Lipinski definition) is 2. The van der Waals surface area contributed by atoms with E-state index in [4.69, 9.17) is 4.74 Å². The fourth-order valence-corrected chi connectivity index (χ4v) is 2.74. The second-order valence-corrected chi connectivity index (χ2v) is 5.34. The Balaban J connectivity index is 2.34. The Hall–Kier alpha value is -2.15. The summed E-state index contributed by atoms with van der Waals surface area (Å²) in [6.45, 7) is 1.17. The number of nitro benzene ring substituents is 1. The largest absolute Gasteiger partial charge is 0.496 e. The normalized spacial score (nSPS) is 21.8. The summed E-state index contributed by atoms with van der Waals surface area (Å²) in [4.78, 5) is 22.1. The van der Waals surface area contributed by atoms with Crippen LogP contribution in [-0.2, 0) is 11.2 Å². The van der Waals surface area contributed by atoms with E-state index >= 15 is 0 Å². The van der Waals surface area contributed by atoms with E-state index in [9.17, 15) is 20.0 Å². The van der Waals surface area contributed by atoms with Crippen molar-refractivity contribution in [3.05, 3.63) is 33.9 Å². The summed E-state index contributed by atoms with van der Waals surface area (Å²) in [5.74, 6) is -0.510. The van der Waals surface area contributed by atoms with Crippen LogP contribution in [0.2, 0.25) is 0 Å². The SMILES string of the molecule is COc1cc(CC2(C(=O)O)CCCNC2)cc([N+](=O)[O-])c1. The molecule has 7 heteroatoms. The van der Waals surface area contributed by atoms with Crippen LogP contribution < -0.4 is 10.1 Å². The lowest BCUT2D eigenvalue weighted by Gasteiger charge is -2.33. The number of carboxylic acid groups (broad SMARTS) is 1. The number of aliphatic carboxylic acids is 1. The maximum Gasteiger partial charge on any atom is 0.311 e. The van der Waals surface area contributed by atoms with Crippen molar-refractivity contribution < 1.29 is 19.6 Å². The summed E-state index contributed by atoms with van der Waals surface area (Å²) in [5, 5.41) is 23.6. The van der Waals surface area contributed by atoms with Crippen LogP contribution in [0.25, 0.3) is 0 Å². The summed E-state index contributed by atoms with van der Waals surface area (Å²) in [5.41, 5.74) is -0.404. The van der Waals surface area contributed by atoms with Gasteiger partial charge in [0.05, 0.1) is 23.5 Å². The smallest absolute Gasteiger partial charge is 0.311 e. The average Bonchev–Trinajstić information content (AvgIpc) is 2.47. The molecule has 1 aliphatic heterocycles. The number of nitro groups is 1. The number of nitrogens with zero attached hydrogens (tertiary/aromatic N) is 1. The molecule has 0 bridgehead atoms. The van der Waals surface area contributed by atoms with E-state index in [2.05, 4.69) is 5.32 Å². The van der Waals surface area contributed by atoms with E-state index < -0.39 is 16.3 Å². The molecule has 0 spiro atoms. The Bertz CT molecular complexity index is 552. The van der Waals surface area contributed by atoms with Gasteiger partial charge in [-0.2, -0.15) is 0 Å². The highest BCUT2D eigenvalue weighted by molar-refractivity contribution is 5.75. The molecule has 1 saturated heterocycles. The number of non-ortho nitro benzene ring substituents is 1. The second-order valence-electron chi connectivity index (χ2n) is 5.34. The molecule has 1 aromatic rings. The molecule has 1 heterocycles. The number of hydrogen-bond acceptors (Lipinski definition) is 5. The maximum absolute atomic E-state index is 11.6. The third-order valence-electron chi connectivity index (χ3n) is 3.87. The number of methoxy groups -OCH3 is 1. The Morgan fingerprint density at radius 1 is 1.52 bits per heavy atom. The van der Waals surface area contributed by atoms with Crippen molar-refractivity contribution in [2.75, 3.05) is 20.2 Å². The first kappa shape index (κ1) is 15.2. The summed E-state index contributed by atoms with van der Waals surface area (Å²) >= 11 is 0. The zero-order valence-corrected chi connectivity index (χ0v) is 11.8. The summed E-state index contributed by atoms with van der Waals surface area (Å²) in [6.07, 6.45) is 1.58. The monoisotopic (exact) mass is 294 g/mol. The fraction of sp³-hybridized carbons (Fsp3) is 0.500. The predicted molar refractivity (Wildman–Crippen MR) is 75.5 cm³/mol. The molecule has 1 atom stereocenters. The molecule has 1 fully saturated rings. The molecule has 0 aliphatic carbocycles. The van der Waals surface area contributed by atoms with Crippen LogP contribution >= 0.6 is 0 Å². The minimum Gasteiger partial charge on any atom is -0.496 e. The first-order valence-electron chi connectivity index (χ1n) is 6.73. The van der Waals surface area contributed by atoms with Gasteiger partial charge in [0.15, 0.2) is 0 Å². The molecule has 1 unspecified atom stereocenters. The number of ether oxygens (including phenoxy) is 1. The molecular formula is C14H18N2O5. The number of rotatable bonds is 5. The van der Waals surface area contributed by atoms with Crippen LogP contribution in [0.4, 0.5) is 5.69 Å². The van der Waals surface area contributed by atoms with Crippen molar-refractivity contribution in [2.45, 2.75) is 19.3 Å². The first-order chi connectivity index (χ1) is 9.97. The molecule has 114 valence electrons. The summed E-state index contributed by atoms with van der Waals surface area (Å²) in [6, 6.07) is 4.41. The highest BCUT2D eigenvalue weighted by Crippen LogP contribution is 2.33. The minimum absolute atomic E-state index is 0.0892. The maximum atomic E-state index is 11.6. The molecule has 21 heavy (non-hydrogen) atoms. The van der Waals surface area contributed by atoms with Crippen LogP contribution in [0.5, 0.6) is 5.75 Å². The molecule has 0 saturated carbocycles. The molecule has 1 aliphatic rings. The zero-order chi connectivity index (χ0) is 15.5. The highest BCUT2D eigenvalue weighted by Gasteiger charge is 2.40. The lowest BCUT2D eigenvalue weighted by atomic mass is 9.76. The van der Waals surface area contributed by atoms with Gasteiger partial charge in [-0.15, -0.1) is 0 Å². The van der Waals surface area contributed by atoms with E-state index in [1.807, 2.05) is 0 Å². The third-order valence-corrected chi connectivity index (χ3v) is 3.87. The third kappa shape index (κ3) is 3.30. The Morgan fingerprint density at radius 2 is 2.29 bits per heavy atom. The van der Waals surface area contributed by atoms with Gasteiger partial charge in [0, 0.05) is 12.6 Å². The van der Waals surface area contributed by atoms with Gasteiger partial charge in [0.1, 0.15) is 5.75 Å². The van der Waals surface area contributed by atoms with Crippen molar-refractivity contribution in [3.8, 4) is 5.75 Å². The van der Waals surface area contributed by atoms with Crippen molar-refractivity contribution in [3.63, 3.8) is 0 Å². The molecular weight excluding hydrogens is 276 g/mol. The number of benzene rings is 1. The molecule has 2 rings (SSSR count). The standard InChI is InChI=1S/C14H18N2O5/c1-21-12-6-10(5-11(7-12)16(19)20)8-14(13(17)18)3-2-4-15-9-14/h5-7,15H,2-4,8-9H2,1H3,(H,17,18). The highest BCUT2D eigenvalue weighted by atomic mass is 16.6. The van der Waals surface area contributed by atoms with Crippen molar-refractivity contribution in [1.82, 2.24) is 5.32 Å². The fourth-order valence-electron chi connectivity index (χ4n) is 2.74. The summed E-state index contributed by atoms with van der Waals surface area (Å²) in [7, 11) is 1.43. The van der Waals surface area contributed by atoms with Crippen LogP contribution in [0.3, 0.4) is 0 Å². The van der Waals surface area contributed by atoms with Gasteiger partial charge in [-0.05, 0) is 37.4 Å². The van der Waals surface area contributed by atoms with Crippen molar-refractivity contribution >= 4 is 11.7 Å². The van der Waals surface area contributed by atoms with Gasteiger partial charge >= 0.3 is 5.97 Å². The van der Waals surface area contributed by atoms with Gasteiger partial charge in [0.2, 0.25) is 0 Å². The predicted octanol–water partition coefficient (Wildman–Crippen LogP) is 1.60. The van der Waals surface area contributed by atoms with Gasteiger partial charge in [0.25, 0.3) is 5.69 Å². The summed E-state index contributed by atoms with van der Waals surface area (Å²) < 4.78 is 5.06. The van der Waals surface area contributed by atoms with Crippen molar-refractivity contribution in [2.24, 2.45) is 5.41 Å². The molecule has 7 nitrogen and oxygen atoms in total. The first-order valence-corrected chi connectivity index (χ1v) is 6.73. The Labute approximate surface area is 122 Å². The number of piperidine rings is 1. The van der Waals surface area contributed by atoms with Crippen LogP contribution in [0.15, 0.2) is 18.2 Å². The van der Waals surface area contributed by atoms with Crippen LogP contribution in [0.1, 0.15) is 18.4 Å². The molecule has 1 aromatic carbocycles. The van der Waals surface area contributed by atoms with E-state index in [0.717, 1.165) is 13.0 Å². The molecule has 0 amide bonds. The average molecular weight is 294 g/mol. The lowest BCUT2D eigenvalue weighted by molar-refractivity contribution is -0.385. The van der Waals surface area contributed by atoms with Crippen LogP contribution in [0, 0.1) is 15.5 Å². The quantitative estimate of drug-likeness (QED) is 0.631. The number of carboxylic acids is 1. The van der Waals surface area contributed by atoms with E-state index in [-0.39, 0.29) is 12.1 Å². The topological polar surface area (TPSA) is 102 Å². The minimum atomic E-state index is -0.918. The van der Waals surface area contributed by atoms with Crippen molar-refractivity contribution in [1.29, 1.82) is 0 Å². The Morgan fingerprint density at radius 3 is 2.81 bits per heavy atom. The van der Waals surface area contributed by atoms with E-state index in [0.29, 0.717) is 24.3 Å². The molecule has 0 radical (unpaired) electrons. The van der Waals surface area contributed by atoms with Gasteiger partial charge in [-0.3, -0.25) is 14.9 Å². The molecule has 0 aromatic heterocycles. The number of carbonyl (C=O) groups is 1. The lowest BCUT2D eigenvalue weighted by Crippen LogP contribution is -2.47. The number of nitrogens with one attached hydrogen (secondary N) is 1. The Kier molecular flexibility index (Phi) is 4.42. The van der Waals surface area contributed by atoms with Gasteiger partial charge in [-0.25, -0.2) is 0 Å². The second kappa shape index (κ2) is 6.09. The van der Waals surface area contributed by atoms with Crippen LogP contribution in [-0.4, -0.2) is 36.2 Å².